The lowest BCUT2D eigenvalue weighted by Crippen LogP contribution is -2.36. The lowest BCUT2D eigenvalue weighted by molar-refractivity contribution is 0.222. The Hall–Kier alpha value is -2.61. The minimum Gasteiger partial charge on any atom is -0.357 e. The van der Waals surface area contributed by atoms with Crippen LogP contribution in [0.1, 0.15) is 35.2 Å². The highest BCUT2D eigenvalue weighted by atomic mass is 32.1. The molecule has 0 unspecified atom stereocenters. The number of rotatable bonds is 6. The van der Waals surface area contributed by atoms with Crippen molar-refractivity contribution in [1.29, 1.82) is 0 Å². The molecule has 0 spiro atoms. The van der Waals surface area contributed by atoms with Crippen LogP contribution in [0.3, 0.4) is 0 Å². The van der Waals surface area contributed by atoms with E-state index < -0.39 is 0 Å². The summed E-state index contributed by atoms with van der Waals surface area (Å²) in [6, 6.07) is 7.83. The van der Waals surface area contributed by atoms with Crippen molar-refractivity contribution < 1.29 is 4.79 Å². The summed E-state index contributed by atoms with van der Waals surface area (Å²) in [7, 11) is 0. The number of amides is 2. The number of anilines is 1. The Labute approximate surface area is 170 Å². The van der Waals surface area contributed by atoms with Gasteiger partial charge in [-0.1, -0.05) is 12.1 Å². The van der Waals surface area contributed by atoms with E-state index in [4.69, 9.17) is 0 Å². The van der Waals surface area contributed by atoms with E-state index in [0.717, 1.165) is 54.7 Å². The molecule has 150 valence electrons. The van der Waals surface area contributed by atoms with E-state index >= 15 is 0 Å². The fourth-order valence-corrected chi connectivity index (χ4v) is 3.75. The van der Waals surface area contributed by atoms with E-state index in [2.05, 4.69) is 32.9 Å². The maximum absolute atomic E-state index is 12.3. The van der Waals surface area contributed by atoms with Gasteiger partial charge in [0.2, 0.25) is 0 Å². The number of nitrogens with zero attached hydrogens (tertiary/aromatic N) is 3. The number of aryl methyl sites for hydroxylation is 1. The number of nitrogens with one attached hydrogen (secondary N) is 3. The third kappa shape index (κ3) is 5.95. The Bertz CT molecular complexity index is 813. The number of aromatic nitrogens is 1. The third-order valence-corrected chi connectivity index (χ3v) is 5.32. The average molecular weight is 401 g/mol. The van der Waals surface area contributed by atoms with Gasteiger partial charge in [0.25, 0.3) is 0 Å². The lowest BCUT2D eigenvalue weighted by atomic mass is 10.2. The van der Waals surface area contributed by atoms with Crippen molar-refractivity contribution in [2.24, 2.45) is 4.99 Å². The molecule has 1 aromatic carbocycles. The molecule has 0 saturated carbocycles. The molecule has 1 fully saturated rings. The van der Waals surface area contributed by atoms with Crippen LogP contribution in [0.5, 0.6) is 0 Å². The Morgan fingerprint density at radius 2 is 2.11 bits per heavy atom. The summed E-state index contributed by atoms with van der Waals surface area (Å²) in [5.41, 5.74) is 1.85. The second kappa shape index (κ2) is 10.1. The predicted octanol–water partition coefficient (Wildman–Crippen LogP) is 3.33. The summed E-state index contributed by atoms with van der Waals surface area (Å²) in [5.74, 6) is 0.752. The first kappa shape index (κ1) is 20.1. The summed E-state index contributed by atoms with van der Waals surface area (Å²) >= 11 is 1.68. The molecule has 1 aromatic heterocycles. The van der Waals surface area contributed by atoms with Crippen LogP contribution in [0.4, 0.5) is 10.5 Å². The molecular weight excluding hydrogens is 372 g/mol. The van der Waals surface area contributed by atoms with E-state index in [9.17, 15) is 4.79 Å². The second-order valence-electron chi connectivity index (χ2n) is 6.74. The number of hydrogen-bond acceptors (Lipinski definition) is 4. The highest BCUT2D eigenvalue weighted by Crippen LogP contribution is 2.15. The molecule has 0 aliphatic carbocycles. The molecule has 0 atom stereocenters. The molecule has 3 N–H and O–H groups in total. The molecular formula is C20H28N6OS. The summed E-state index contributed by atoms with van der Waals surface area (Å²) in [6.45, 7) is 7.73. The van der Waals surface area contributed by atoms with Crippen LogP contribution in [-0.2, 0) is 13.1 Å². The standard InChI is InChI=1S/C20H28N6OS/c1-3-21-19(24-14-18-22-12-15(2)28-18)23-13-16-7-6-8-17(11-16)25-20(27)26-9-4-5-10-26/h6-8,11-12H,3-5,9-10,13-14H2,1-2H3,(H,25,27)(H2,21,23,24). The van der Waals surface area contributed by atoms with Crippen molar-refractivity contribution in [2.75, 3.05) is 25.0 Å². The number of likely N-dealkylation sites (tertiary alicyclic amines) is 1. The summed E-state index contributed by atoms with van der Waals surface area (Å²) in [6.07, 6.45) is 4.06. The zero-order valence-electron chi connectivity index (χ0n) is 16.5. The quantitative estimate of drug-likeness (QED) is 0.513. The van der Waals surface area contributed by atoms with Crippen molar-refractivity contribution in [3.05, 3.63) is 45.9 Å². The highest BCUT2D eigenvalue weighted by Gasteiger charge is 2.17. The molecule has 7 nitrogen and oxygen atoms in total. The zero-order chi connectivity index (χ0) is 19.8. The monoisotopic (exact) mass is 400 g/mol. The molecule has 1 aliphatic rings. The number of aliphatic imine (C=N–C) groups is 1. The van der Waals surface area contributed by atoms with Gasteiger partial charge in [0.1, 0.15) is 5.01 Å². The average Bonchev–Trinajstić information content (AvgIpc) is 3.36. The zero-order valence-corrected chi connectivity index (χ0v) is 17.3. The van der Waals surface area contributed by atoms with Gasteiger partial charge in [-0.25, -0.2) is 14.8 Å². The van der Waals surface area contributed by atoms with E-state index in [1.54, 1.807) is 11.3 Å². The van der Waals surface area contributed by atoms with E-state index in [0.29, 0.717) is 13.1 Å². The van der Waals surface area contributed by atoms with E-state index in [1.807, 2.05) is 42.3 Å². The molecule has 0 bridgehead atoms. The normalized spacial score (nSPS) is 14.2. The van der Waals surface area contributed by atoms with Gasteiger partial charge in [-0.2, -0.15) is 0 Å². The lowest BCUT2D eigenvalue weighted by Gasteiger charge is -2.16. The largest absolute Gasteiger partial charge is 0.357 e. The van der Waals surface area contributed by atoms with Gasteiger partial charge in [0, 0.05) is 36.4 Å². The molecule has 2 amide bonds. The van der Waals surface area contributed by atoms with E-state index in [-0.39, 0.29) is 6.03 Å². The molecule has 28 heavy (non-hydrogen) atoms. The minimum atomic E-state index is -0.0214. The Morgan fingerprint density at radius 3 is 2.82 bits per heavy atom. The number of carbonyl (C=O) groups excluding carboxylic acids is 1. The van der Waals surface area contributed by atoms with Gasteiger partial charge < -0.3 is 20.9 Å². The first-order chi connectivity index (χ1) is 13.6. The van der Waals surface area contributed by atoms with Crippen LogP contribution >= 0.6 is 11.3 Å². The molecule has 3 rings (SSSR count). The van der Waals surface area contributed by atoms with Gasteiger partial charge in [0.15, 0.2) is 5.96 Å². The Kier molecular flexibility index (Phi) is 7.25. The van der Waals surface area contributed by atoms with Crippen LogP contribution in [0.25, 0.3) is 0 Å². The van der Waals surface area contributed by atoms with Crippen molar-refractivity contribution in [3.63, 3.8) is 0 Å². The Morgan fingerprint density at radius 1 is 1.29 bits per heavy atom. The van der Waals surface area contributed by atoms with Gasteiger partial charge in [-0.05, 0) is 44.4 Å². The number of carbonyl (C=O) groups is 1. The number of benzene rings is 1. The smallest absolute Gasteiger partial charge is 0.321 e. The van der Waals surface area contributed by atoms with Gasteiger partial charge >= 0.3 is 6.03 Å². The molecule has 1 saturated heterocycles. The predicted molar refractivity (Wildman–Crippen MR) is 115 cm³/mol. The molecule has 8 heteroatoms. The first-order valence-corrected chi connectivity index (χ1v) is 10.5. The van der Waals surface area contributed by atoms with E-state index in [1.165, 1.54) is 4.88 Å². The SMILES string of the molecule is CCNC(=NCc1cccc(NC(=O)N2CCCC2)c1)NCc1ncc(C)s1. The minimum absolute atomic E-state index is 0.0214. The van der Waals surface area contributed by atoms with Crippen molar-refractivity contribution in [3.8, 4) is 0 Å². The van der Waals surface area contributed by atoms with Crippen molar-refractivity contribution in [1.82, 2.24) is 20.5 Å². The molecule has 0 radical (unpaired) electrons. The topological polar surface area (TPSA) is 81.7 Å². The summed E-state index contributed by atoms with van der Waals surface area (Å²) in [4.78, 5) is 24.3. The van der Waals surface area contributed by atoms with Crippen LogP contribution < -0.4 is 16.0 Å². The van der Waals surface area contributed by atoms with Gasteiger partial charge in [-0.3, -0.25) is 0 Å². The maximum Gasteiger partial charge on any atom is 0.321 e. The molecule has 1 aliphatic heterocycles. The Balaban J connectivity index is 1.57. The second-order valence-corrected chi connectivity index (χ2v) is 8.06. The number of hydrogen-bond donors (Lipinski definition) is 3. The first-order valence-electron chi connectivity index (χ1n) is 9.72. The van der Waals surface area contributed by atoms with Crippen LogP contribution in [0, 0.1) is 6.92 Å². The fourth-order valence-electron chi connectivity index (χ4n) is 3.02. The fraction of sp³-hybridized carbons (Fsp3) is 0.450. The molecule has 2 heterocycles. The number of guanidine groups is 1. The number of thiazole rings is 1. The van der Waals surface area contributed by atoms with Crippen LogP contribution in [-0.4, -0.2) is 41.5 Å². The maximum atomic E-state index is 12.3. The molecule has 2 aromatic rings. The highest BCUT2D eigenvalue weighted by molar-refractivity contribution is 7.11. The van der Waals surface area contributed by atoms with Crippen LogP contribution in [0.15, 0.2) is 35.5 Å². The van der Waals surface area contributed by atoms with Gasteiger partial charge in [-0.15, -0.1) is 11.3 Å². The third-order valence-electron chi connectivity index (χ3n) is 4.41. The summed E-state index contributed by atoms with van der Waals surface area (Å²) < 4.78 is 0. The van der Waals surface area contributed by atoms with Gasteiger partial charge in [0.05, 0.1) is 13.1 Å². The van der Waals surface area contributed by atoms with Crippen LogP contribution in [0.2, 0.25) is 0 Å². The number of urea groups is 1. The van der Waals surface area contributed by atoms with Crippen molar-refractivity contribution >= 4 is 29.0 Å². The van der Waals surface area contributed by atoms with Crippen molar-refractivity contribution in [2.45, 2.75) is 39.8 Å². The summed E-state index contributed by atoms with van der Waals surface area (Å²) in [5, 5.41) is 10.6.